The van der Waals surface area contributed by atoms with E-state index in [0.717, 1.165) is 34.7 Å². The topological polar surface area (TPSA) is 58.6 Å². The molecule has 0 saturated carbocycles. The van der Waals surface area contributed by atoms with Gasteiger partial charge < -0.3 is 10.1 Å². The minimum atomic E-state index is -0.208. The number of nitrogens with one attached hydrogen (secondary N) is 1. The first-order valence-corrected chi connectivity index (χ1v) is 12.6. The summed E-state index contributed by atoms with van der Waals surface area (Å²) in [7, 11) is 0. The minimum absolute atomic E-state index is 0.0981. The van der Waals surface area contributed by atoms with Crippen LogP contribution in [0.1, 0.15) is 58.8 Å². The standard InChI is InChI=1S/C27H36N2O3S/c1-4-7-8-9-10-21-29(27(31)28-20-6-3)22-12-16-24(17-13-22)33-25-18-14-23(15-19-25)32-26(30)11-5-2/h6,12-19H,3-5,7-11,20-21H2,1-2H3,(H,28,31). The van der Waals surface area contributed by atoms with Gasteiger partial charge in [-0.1, -0.05) is 57.4 Å². The van der Waals surface area contributed by atoms with Crippen molar-refractivity contribution in [2.24, 2.45) is 0 Å². The number of urea groups is 1. The van der Waals surface area contributed by atoms with E-state index < -0.39 is 0 Å². The normalized spacial score (nSPS) is 10.5. The van der Waals surface area contributed by atoms with Crippen LogP contribution in [0.25, 0.3) is 0 Å². The Bertz CT molecular complexity index is 866. The van der Waals surface area contributed by atoms with Crippen LogP contribution in [-0.4, -0.2) is 25.1 Å². The second-order valence-corrected chi connectivity index (χ2v) is 8.98. The second-order valence-electron chi connectivity index (χ2n) is 7.83. The van der Waals surface area contributed by atoms with Crippen molar-refractivity contribution >= 4 is 29.4 Å². The first-order valence-electron chi connectivity index (χ1n) is 11.8. The van der Waals surface area contributed by atoms with Crippen LogP contribution in [0.5, 0.6) is 5.75 Å². The maximum atomic E-state index is 12.7. The fourth-order valence-corrected chi connectivity index (χ4v) is 4.09. The van der Waals surface area contributed by atoms with E-state index in [4.69, 9.17) is 4.74 Å². The third-order valence-corrected chi connectivity index (χ3v) is 6.04. The molecule has 2 rings (SSSR count). The zero-order chi connectivity index (χ0) is 23.9. The van der Waals surface area contributed by atoms with Gasteiger partial charge >= 0.3 is 12.0 Å². The van der Waals surface area contributed by atoms with Crippen molar-refractivity contribution in [3.05, 3.63) is 61.2 Å². The molecule has 0 unspecified atom stereocenters. The third-order valence-electron chi connectivity index (χ3n) is 5.02. The SMILES string of the molecule is C=CCNC(=O)N(CCCCCCC)c1ccc(Sc2ccc(OC(=O)CCC)cc2)cc1. The van der Waals surface area contributed by atoms with Crippen molar-refractivity contribution in [2.45, 2.75) is 68.6 Å². The molecule has 33 heavy (non-hydrogen) atoms. The molecule has 0 aliphatic heterocycles. The lowest BCUT2D eigenvalue weighted by atomic mass is 10.1. The number of ether oxygens (including phenoxy) is 1. The number of rotatable bonds is 14. The Labute approximate surface area is 202 Å². The molecule has 0 spiro atoms. The van der Waals surface area contributed by atoms with Gasteiger partial charge in [0, 0.05) is 35.0 Å². The van der Waals surface area contributed by atoms with Gasteiger partial charge in [-0.15, -0.1) is 6.58 Å². The molecular weight excluding hydrogens is 432 g/mol. The predicted molar refractivity (Wildman–Crippen MR) is 137 cm³/mol. The third kappa shape index (κ3) is 9.74. The Morgan fingerprint density at radius 1 is 0.939 bits per heavy atom. The molecule has 2 amide bonds. The number of anilines is 1. The zero-order valence-electron chi connectivity index (χ0n) is 19.8. The van der Waals surface area contributed by atoms with Gasteiger partial charge in [0.15, 0.2) is 0 Å². The molecule has 178 valence electrons. The smallest absolute Gasteiger partial charge is 0.322 e. The minimum Gasteiger partial charge on any atom is -0.427 e. The number of hydrogen-bond acceptors (Lipinski definition) is 4. The fourth-order valence-electron chi connectivity index (χ4n) is 3.27. The first kappa shape index (κ1) is 26.5. The molecule has 5 nitrogen and oxygen atoms in total. The molecule has 0 aliphatic carbocycles. The summed E-state index contributed by atoms with van der Waals surface area (Å²) in [5.74, 6) is 0.355. The molecule has 0 aromatic heterocycles. The van der Waals surface area contributed by atoms with E-state index in [9.17, 15) is 9.59 Å². The Hall–Kier alpha value is -2.73. The molecule has 0 saturated heterocycles. The average molecular weight is 469 g/mol. The monoisotopic (exact) mass is 468 g/mol. The van der Waals surface area contributed by atoms with E-state index in [1.165, 1.54) is 19.3 Å². The number of benzene rings is 2. The van der Waals surface area contributed by atoms with Crippen molar-refractivity contribution in [3.63, 3.8) is 0 Å². The first-order chi connectivity index (χ1) is 16.1. The fraction of sp³-hybridized carbons (Fsp3) is 0.407. The number of carbonyl (C=O) groups excluding carboxylic acids is 2. The van der Waals surface area contributed by atoms with E-state index in [2.05, 4.69) is 18.8 Å². The van der Waals surface area contributed by atoms with E-state index in [1.54, 1.807) is 17.8 Å². The van der Waals surface area contributed by atoms with Crippen LogP contribution < -0.4 is 15.0 Å². The largest absolute Gasteiger partial charge is 0.427 e. The van der Waals surface area contributed by atoms with E-state index >= 15 is 0 Å². The molecule has 0 aliphatic rings. The van der Waals surface area contributed by atoms with Gasteiger partial charge in [0.2, 0.25) is 0 Å². The van der Waals surface area contributed by atoms with Gasteiger partial charge in [0.1, 0.15) is 5.75 Å². The lowest BCUT2D eigenvalue weighted by Crippen LogP contribution is -2.40. The van der Waals surface area contributed by atoms with Crippen LogP contribution in [0, 0.1) is 0 Å². The Balaban J connectivity index is 1.99. The average Bonchev–Trinajstić information content (AvgIpc) is 2.82. The predicted octanol–water partition coefficient (Wildman–Crippen LogP) is 7.22. The molecule has 2 aromatic rings. The number of carbonyl (C=O) groups is 2. The Morgan fingerprint density at radius 3 is 2.18 bits per heavy atom. The van der Waals surface area contributed by atoms with Gasteiger partial charge in [-0.05, 0) is 61.4 Å². The quantitative estimate of drug-likeness (QED) is 0.138. The van der Waals surface area contributed by atoms with Crippen molar-refractivity contribution in [2.75, 3.05) is 18.0 Å². The maximum absolute atomic E-state index is 12.7. The summed E-state index contributed by atoms with van der Waals surface area (Å²) >= 11 is 1.62. The molecular formula is C27H36N2O3S. The van der Waals surface area contributed by atoms with Crippen molar-refractivity contribution in [1.82, 2.24) is 5.32 Å². The summed E-state index contributed by atoms with van der Waals surface area (Å²) in [6.45, 7) is 8.97. The lowest BCUT2D eigenvalue weighted by molar-refractivity contribution is -0.134. The number of hydrogen-bond donors (Lipinski definition) is 1. The second kappa shape index (κ2) is 15.2. The number of amides is 2. The van der Waals surface area contributed by atoms with Crippen molar-refractivity contribution < 1.29 is 14.3 Å². The molecule has 0 radical (unpaired) electrons. The van der Waals surface area contributed by atoms with Crippen LogP contribution in [-0.2, 0) is 4.79 Å². The van der Waals surface area contributed by atoms with Crippen LogP contribution >= 0.6 is 11.8 Å². The van der Waals surface area contributed by atoms with Gasteiger partial charge in [0.05, 0.1) is 0 Å². The summed E-state index contributed by atoms with van der Waals surface area (Å²) in [4.78, 5) is 28.2. The molecule has 2 aromatic carbocycles. The van der Waals surface area contributed by atoms with Crippen LogP contribution in [0.2, 0.25) is 0 Å². The summed E-state index contributed by atoms with van der Waals surface area (Å²) in [5, 5.41) is 2.89. The van der Waals surface area contributed by atoms with Gasteiger partial charge in [0.25, 0.3) is 0 Å². The molecule has 1 N–H and O–H groups in total. The van der Waals surface area contributed by atoms with E-state index in [-0.39, 0.29) is 12.0 Å². The molecule has 0 fully saturated rings. The summed E-state index contributed by atoms with van der Waals surface area (Å²) < 4.78 is 5.31. The van der Waals surface area contributed by atoms with Gasteiger partial charge in [-0.25, -0.2) is 4.79 Å². The van der Waals surface area contributed by atoms with E-state index in [0.29, 0.717) is 25.3 Å². The van der Waals surface area contributed by atoms with Crippen molar-refractivity contribution in [1.29, 1.82) is 0 Å². The lowest BCUT2D eigenvalue weighted by Gasteiger charge is -2.23. The van der Waals surface area contributed by atoms with Crippen LogP contribution in [0.4, 0.5) is 10.5 Å². The highest BCUT2D eigenvalue weighted by Gasteiger charge is 2.15. The van der Waals surface area contributed by atoms with Gasteiger partial charge in [-0.3, -0.25) is 9.69 Å². The number of esters is 1. The summed E-state index contributed by atoms with van der Waals surface area (Å²) in [5.41, 5.74) is 0.884. The number of nitrogens with zero attached hydrogens (tertiary/aromatic N) is 1. The van der Waals surface area contributed by atoms with Gasteiger partial charge in [-0.2, -0.15) is 0 Å². The van der Waals surface area contributed by atoms with Crippen molar-refractivity contribution in [3.8, 4) is 5.75 Å². The summed E-state index contributed by atoms with van der Waals surface area (Å²) in [6.07, 6.45) is 8.62. The Morgan fingerprint density at radius 2 is 1.58 bits per heavy atom. The zero-order valence-corrected chi connectivity index (χ0v) is 20.7. The molecule has 0 heterocycles. The maximum Gasteiger partial charge on any atom is 0.322 e. The molecule has 6 heteroatoms. The highest BCUT2D eigenvalue weighted by Crippen LogP contribution is 2.30. The molecule has 0 atom stereocenters. The molecule has 0 bridgehead atoms. The summed E-state index contributed by atoms with van der Waals surface area (Å²) in [6, 6.07) is 15.4. The Kier molecular flexibility index (Phi) is 12.2. The van der Waals surface area contributed by atoms with Crippen LogP contribution in [0.15, 0.2) is 71.0 Å². The highest BCUT2D eigenvalue weighted by molar-refractivity contribution is 7.99. The highest BCUT2D eigenvalue weighted by atomic mass is 32.2. The van der Waals surface area contributed by atoms with E-state index in [1.807, 2.05) is 60.4 Å². The van der Waals surface area contributed by atoms with Crippen LogP contribution in [0.3, 0.4) is 0 Å². The number of unbranched alkanes of at least 4 members (excludes halogenated alkanes) is 4.